The van der Waals surface area contributed by atoms with Crippen molar-refractivity contribution in [3.8, 4) is 0 Å². The second kappa shape index (κ2) is 4.64. The average Bonchev–Trinajstić information content (AvgIpc) is 1.96. The highest BCUT2D eigenvalue weighted by molar-refractivity contribution is 5.70. The smallest absolute Gasteiger partial charge is 0.306 e. The largest absolute Gasteiger partial charge is 0.481 e. The Morgan fingerprint density at radius 2 is 1.85 bits per heavy atom. The van der Waals surface area contributed by atoms with Gasteiger partial charge < -0.3 is 5.11 Å². The first-order valence-corrected chi connectivity index (χ1v) is 5.00. The molecule has 0 aliphatic heterocycles. The standard InChI is InChI=1S/C11H22O2/c1-6-8(2)9(10(12)13)7-11(3,4)5/h8-9H,6-7H2,1-5H3,(H,12,13). The third-order valence-corrected chi connectivity index (χ3v) is 2.48. The Hall–Kier alpha value is -0.530. The van der Waals surface area contributed by atoms with E-state index in [1.54, 1.807) is 0 Å². The molecule has 2 atom stereocenters. The normalized spacial score (nSPS) is 16.7. The third kappa shape index (κ3) is 4.91. The van der Waals surface area contributed by atoms with Crippen LogP contribution in [0, 0.1) is 17.3 Å². The van der Waals surface area contributed by atoms with E-state index >= 15 is 0 Å². The van der Waals surface area contributed by atoms with Gasteiger partial charge in [0.1, 0.15) is 0 Å². The van der Waals surface area contributed by atoms with Gasteiger partial charge in [-0.1, -0.05) is 41.0 Å². The van der Waals surface area contributed by atoms with E-state index in [0.717, 1.165) is 12.8 Å². The van der Waals surface area contributed by atoms with E-state index < -0.39 is 5.97 Å². The monoisotopic (exact) mass is 186 g/mol. The lowest BCUT2D eigenvalue weighted by atomic mass is 9.78. The summed E-state index contributed by atoms with van der Waals surface area (Å²) in [4.78, 5) is 11.0. The molecule has 13 heavy (non-hydrogen) atoms. The van der Waals surface area contributed by atoms with Gasteiger partial charge in [0.05, 0.1) is 5.92 Å². The van der Waals surface area contributed by atoms with Gasteiger partial charge in [0.15, 0.2) is 0 Å². The molecule has 78 valence electrons. The van der Waals surface area contributed by atoms with Gasteiger partial charge in [-0.25, -0.2) is 0 Å². The lowest BCUT2D eigenvalue weighted by Crippen LogP contribution is -2.26. The molecule has 2 unspecified atom stereocenters. The molecule has 0 heterocycles. The van der Waals surface area contributed by atoms with Crippen LogP contribution in [0.5, 0.6) is 0 Å². The zero-order valence-corrected chi connectivity index (χ0v) is 9.42. The van der Waals surface area contributed by atoms with Crippen LogP contribution in [0.2, 0.25) is 0 Å². The Bertz CT molecular complexity index is 167. The van der Waals surface area contributed by atoms with Crippen molar-refractivity contribution in [3.05, 3.63) is 0 Å². The van der Waals surface area contributed by atoms with Gasteiger partial charge in [-0.3, -0.25) is 4.79 Å². The van der Waals surface area contributed by atoms with Crippen molar-refractivity contribution in [2.75, 3.05) is 0 Å². The molecule has 0 aliphatic rings. The van der Waals surface area contributed by atoms with Crippen molar-refractivity contribution in [2.24, 2.45) is 17.3 Å². The summed E-state index contributed by atoms with van der Waals surface area (Å²) in [6, 6.07) is 0. The molecule has 0 radical (unpaired) electrons. The lowest BCUT2D eigenvalue weighted by Gasteiger charge is -2.26. The summed E-state index contributed by atoms with van der Waals surface area (Å²) in [6.07, 6.45) is 1.70. The Labute approximate surface area is 81.3 Å². The molecule has 0 amide bonds. The fourth-order valence-electron chi connectivity index (χ4n) is 1.48. The lowest BCUT2D eigenvalue weighted by molar-refractivity contribution is -0.144. The minimum atomic E-state index is -0.649. The topological polar surface area (TPSA) is 37.3 Å². The summed E-state index contributed by atoms with van der Waals surface area (Å²) in [5.41, 5.74) is 0.104. The van der Waals surface area contributed by atoms with Gasteiger partial charge in [0.25, 0.3) is 0 Å². The zero-order chi connectivity index (χ0) is 10.6. The summed E-state index contributed by atoms with van der Waals surface area (Å²) < 4.78 is 0. The Morgan fingerprint density at radius 3 is 2.08 bits per heavy atom. The van der Waals surface area contributed by atoms with Crippen molar-refractivity contribution >= 4 is 5.97 Å². The maximum absolute atomic E-state index is 11.0. The highest BCUT2D eigenvalue weighted by atomic mass is 16.4. The maximum Gasteiger partial charge on any atom is 0.306 e. The second-order valence-corrected chi connectivity index (χ2v) is 5.10. The van der Waals surface area contributed by atoms with E-state index in [-0.39, 0.29) is 17.3 Å². The predicted octanol–water partition coefficient (Wildman–Crippen LogP) is 3.17. The molecular weight excluding hydrogens is 164 g/mol. The van der Waals surface area contributed by atoms with Crippen LogP contribution in [0.4, 0.5) is 0 Å². The number of aliphatic carboxylic acids is 1. The minimum Gasteiger partial charge on any atom is -0.481 e. The van der Waals surface area contributed by atoms with Crippen LogP contribution in [0.15, 0.2) is 0 Å². The van der Waals surface area contributed by atoms with Crippen molar-refractivity contribution in [3.63, 3.8) is 0 Å². The highest BCUT2D eigenvalue weighted by Crippen LogP contribution is 2.30. The number of carbonyl (C=O) groups is 1. The van der Waals surface area contributed by atoms with Gasteiger partial charge in [-0.2, -0.15) is 0 Å². The number of hydrogen-bond acceptors (Lipinski definition) is 1. The molecule has 0 aromatic rings. The first-order valence-electron chi connectivity index (χ1n) is 5.00. The molecule has 0 saturated heterocycles. The molecule has 2 heteroatoms. The molecule has 2 nitrogen and oxygen atoms in total. The van der Waals surface area contributed by atoms with E-state index in [1.165, 1.54) is 0 Å². The van der Waals surface area contributed by atoms with Crippen molar-refractivity contribution < 1.29 is 9.90 Å². The maximum atomic E-state index is 11.0. The molecule has 0 aliphatic carbocycles. The second-order valence-electron chi connectivity index (χ2n) is 5.10. The van der Waals surface area contributed by atoms with Gasteiger partial charge in [-0.15, -0.1) is 0 Å². The molecule has 0 saturated carbocycles. The van der Waals surface area contributed by atoms with Crippen molar-refractivity contribution in [2.45, 2.75) is 47.5 Å². The van der Waals surface area contributed by atoms with Crippen molar-refractivity contribution in [1.82, 2.24) is 0 Å². The van der Waals surface area contributed by atoms with Crippen LogP contribution in [-0.2, 0) is 4.79 Å². The van der Waals surface area contributed by atoms with Gasteiger partial charge in [0.2, 0.25) is 0 Å². The van der Waals surface area contributed by atoms with E-state index in [1.807, 2.05) is 13.8 Å². The molecule has 0 bridgehead atoms. The van der Waals surface area contributed by atoms with E-state index in [0.29, 0.717) is 0 Å². The van der Waals surface area contributed by atoms with Crippen molar-refractivity contribution in [1.29, 1.82) is 0 Å². The van der Waals surface area contributed by atoms with Crippen LogP contribution in [-0.4, -0.2) is 11.1 Å². The molecule has 0 spiro atoms. The Morgan fingerprint density at radius 1 is 1.38 bits per heavy atom. The summed E-state index contributed by atoms with van der Waals surface area (Å²) in [5.74, 6) is -0.564. The van der Waals surface area contributed by atoms with Gasteiger partial charge in [-0.05, 0) is 17.8 Å². The number of rotatable bonds is 4. The highest BCUT2D eigenvalue weighted by Gasteiger charge is 2.28. The third-order valence-electron chi connectivity index (χ3n) is 2.48. The van der Waals surface area contributed by atoms with Crippen LogP contribution in [0.3, 0.4) is 0 Å². The summed E-state index contributed by atoms with van der Waals surface area (Å²) in [6.45, 7) is 10.3. The van der Waals surface area contributed by atoms with Gasteiger partial charge >= 0.3 is 5.97 Å². The Kier molecular flexibility index (Phi) is 4.45. The molecule has 0 aromatic heterocycles. The fourth-order valence-corrected chi connectivity index (χ4v) is 1.48. The SMILES string of the molecule is CCC(C)C(CC(C)(C)C)C(=O)O. The van der Waals surface area contributed by atoms with Crippen LogP contribution < -0.4 is 0 Å². The predicted molar refractivity (Wildman–Crippen MR) is 54.7 cm³/mol. The average molecular weight is 186 g/mol. The van der Waals surface area contributed by atoms with E-state index in [4.69, 9.17) is 5.11 Å². The molecule has 1 N–H and O–H groups in total. The fraction of sp³-hybridized carbons (Fsp3) is 0.909. The van der Waals surface area contributed by atoms with Gasteiger partial charge in [0, 0.05) is 0 Å². The quantitative estimate of drug-likeness (QED) is 0.732. The summed E-state index contributed by atoms with van der Waals surface area (Å²) in [5, 5.41) is 9.04. The number of hydrogen-bond donors (Lipinski definition) is 1. The number of carboxylic acid groups (broad SMARTS) is 1. The van der Waals surface area contributed by atoms with E-state index in [2.05, 4.69) is 20.8 Å². The molecule has 0 aromatic carbocycles. The first-order chi connectivity index (χ1) is 5.78. The molecule has 0 rings (SSSR count). The molecule has 0 fully saturated rings. The number of carboxylic acids is 1. The zero-order valence-electron chi connectivity index (χ0n) is 9.42. The van der Waals surface area contributed by atoms with Crippen LogP contribution in [0.25, 0.3) is 0 Å². The Balaban J connectivity index is 4.36. The molecular formula is C11H22O2. The minimum absolute atomic E-state index is 0.104. The summed E-state index contributed by atoms with van der Waals surface area (Å²) >= 11 is 0. The first kappa shape index (κ1) is 12.5. The van der Waals surface area contributed by atoms with E-state index in [9.17, 15) is 4.79 Å². The van der Waals surface area contributed by atoms with Crippen LogP contribution >= 0.6 is 0 Å². The van der Waals surface area contributed by atoms with Crippen LogP contribution in [0.1, 0.15) is 47.5 Å². The summed E-state index contributed by atoms with van der Waals surface area (Å²) in [7, 11) is 0.